The van der Waals surface area contributed by atoms with Crippen LogP contribution in [-0.2, 0) is 25.5 Å². The summed E-state index contributed by atoms with van der Waals surface area (Å²) < 4.78 is 10.3. The van der Waals surface area contributed by atoms with Crippen molar-refractivity contribution in [3.8, 4) is 0 Å². The molecule has 0 unspecified atom stereocenters. The number of hydrogen-bond donors (Lipinski definition) is 1. The molecule has 7 nitrogen and oxygen atoms in total. The van der Waals surface area contributed by atoms with Gasteiger partial charge in [-0.05, 0) is 26.3 Å². The van der Waals surface area contributed by atoms with E-state index in [1.165, 1.54) is 18.9 Å². The van der Waals surface area contributed by atoms with Crippen LogP contribution in [0.4, 0.5) is 4.79 Å². The average Bonchev–Trinajstić information content (AvgIpc) is 3.12. The summed E-state index contributed by atoms with van der Waals surface area (Å²) >= 11 is 1.53. The number of hydrogen-bond acceptors (Lipinski definition) is 6. The van der Waals surface area contributed by atoms with Crippen LogP contribution in [0.2, 0.25) is 0 Å². The maximum atomic E-state index is 13.5. The van der Waals surface area contributed by atoms with E-state index >= 15 is 0 Å². The van der Waals surface area contributed by atoms with E-state index in [1.54, 1.807) is 25.7 Å². The second kappa shape index (κ2) is 7.66. The summed E-state index contributed by atoms with van der Waals surface area (Å²) in [5, 5.41) is 2.65. The van der Waals surface area contributed by atoms with Gasteiger partial charge >= 0.3 is 12.1 Å². The lowest BCUT2D eigenvalue weighted by Gasteiger charge is -2.31. The van der Waals surface area contributed by atoms with Crippen molar-refractivity contribution in [1.82, 2.24) is 10.2 Å². The monoisotopic (exact) mass is 406 g/mol. The first-order valence-electron chi connectivity index (χ1n) is 9.22. The summed E-state index contributed by atoms with van der Waals surface area (Å²) in [6.07, 6.45) is 0.0865. The van der Waals surface area contributed by atoms with Crippen molar-refractivity contribution < 1.29 is 23.9 Å². The molecule has 3 atom stereocenters. The van der Waals surface area contributed by atoms with Crippen molar-refractivity contribution in [3.05, 3.63) is 35.9 Å². The predicted octanol–water partition coefficient (Wildman–Crippen LogP) is 2.34. The van der Waals surface area contributed by atoms with Crippen LogP contribution >= 0.6 is 11.8 Å². The van der Waals surface area contributed by atoms with E-state index in [1.807, 2.05) is 30.3 Å². The van der Waals surface area contributed by atoms with Gasteiger partial charge in [-0.2, -0.15) is 0 Å². The van der Waals surface area contributed by atoms with Crippen LogP contribution in [0.1, 0.15) is 32.8 Å². The van der Waals surface area contributed by atoms with Crippen LogP contribution in [0.3, 0.4) is 0 Å². The number of carbonyl (C=O) groups is 3. The van der Waals surface area contributed by atoms with Crippen LogP contribution < -0.4 is 5.32 Å². The molecule has 2 amide bonds. The zero-order valence-corrected chi connectivity index (χ0v) is 17.4. The van der Waals surface area contributed by atoms with Crippen LogP contribution in [-0.4, -0.2) is 58.3 Å². The molecule has 0 aromatic heterocycles. The van der Waals surface area contributed by atoms with Crippen molar-refractivity contribution >= 4 is 29.7 Å². The third-order valence-corrected chi connectivity index (χ3v) is 6.11. The van der Waals surface area contributed by atoms with E-state index in [4.69, 9.17) is 9.47 Å². The normalized spacial score (nSPS) is 26.7. The molecule has 0 spiro atoms. The van der Waals surface area contributed by atoms with Crippen LogP contribution in [0.15, 0.2) is 30.3 Å². The highest BCUT2D eigenvalue weighted by atomic mass is 32.2. The van der Waals surface area contributed by atoms with Gasteiger partial charge in [-0.25, -0.2) is 9.59 Å². The molecular formula is C20H26N2O5S. The van der Waals surface area contributed by atoms with Gasteiger partial charge in [-0.1, -0.05) is 30.3 Å². The molecule has 2 aliphatic heterocycles. The van der Waals surface area contributed by atoms with Gasteiger partial charge in [0.05, 0.1) is 12.5 Å². The SMILES string of the molecule is COC(=O)[C@@H]1CS[C@H]2C[C@@](Cc3ccccc3)(NC(=O)OC(C)(C)C)C(=O)N21. The Labute approximate surface area is 169 Å². The number of esters is 1. The summed E-state index contributed by atoms with van der Waals surface area (Å²) in [6, 6.07) is 8.88. The summed E-state index contributed by atoms with van der Waals surface area (Å²) in [6.45, 7) is 5.32. The van der Waals surface area contributed by atoms with E-state index < -0.39 is 29.2 Å². The lowest BCUT2D eigenvalue weighted by molar-refractivity contribution is -0.151. The molecular weight excluding hydrogens is 380 g/mol. The minimum atomic E-state index is -1.16. The Balaban J connectivity index is 1.90. The molecule has 3 rings (SSSR count). The standard InChI is InChI=1S/C20H26N2O5S/c1-19(2,3)27-18(25)21-20(10-13-8-6-5-7-9-13)11-15-22(17(20)24)14(12-28-15)16(23)26-4/h5-9,14-15H,10-12H2,1-4H3,(H,21,25)/t14-,15-,20+/m0/s1. The van der Waals surface area contributed by atoms with Gasteiger partial charge in [-0.3, -0.25) is 4.79 Å². The molecule has 2 aliphatic rings. The Bertz CT molecular complexity index is 764. The van der Waals surface area contributed by atoms with E-state index in [0.29, 0.717) is 18.6 Å². The molecule has 2 fully saturated rings. The van der Waals surface area contributed by atoms with Crippen molar-refractivity contribution in [3.63, 3.8) is 0 Å². The Hall–Kier alpha value is -2.22. The van der Waals surface area contributed by atoms with Gasteiger partial charge in [0, 0.05) is 18.6 Å². The number of benzene rings is 1. The molecule has 152 valence electrons. The minimum absolute atomic E-state index is 0.185. The van der Waals surface area contributed by atoms with Gasteiger partial charge in [0.15, 0.2) is 0 Å². The fourth-order valence-electron chi connectivity index (χ4n) is 3.68. The smallest absolute Gasteiger partial charge is 0.408 e. The fraction of sp³-hybridized carbons (Fsp3) is 0.550. The first kappa shape index (κ1) is 20.5. The predicted molar refractivity (Wildman–Crippen MR) is 106 cm³/mol. The summed E-state index contributed by atoms with van der Waals surface area (Å²) in [4.78, 5) is 39.7. The molecule has 28 heavy (non-hydrogen) atoms. The second-order valence-electron chi connectivity index (χ2n) is 8.11. The number of carbonyl (C=O) groups excluding carboxylic acids is 3. The molecule has 0 radical (unpaired) electrons. The number of rotatable bonds is 4. The van der Waals surface area contributed by atoms with Gasteiger partial charge in [0.1, 0.15) is 17.2 Å². The van der Waals surface area contributed by atoms with Crippen molar-refractivity contribution in [2.75, 3.05) is 12.9 Å². The largest absolute Gasteiger partial charge is 0.467 e. The van der Waals surface area contributed by atoms with Gasteiger partial charge < -0.3 is 19.7 Å². The Morgan fingerprint density at radius 2 is 1.96 bits per heavy atom. The molecule has 1 aromatic carbocycles. The number of fused-ring (bicyclic) bond motifs is 1. The van der Waals surface area contributed by atoms with Crippen LogP contribution in [0.5, 0.6) is 0 Å². The average molecular weight is 407 g/mol. The zero-order chi connectivity index (χ0) is 20.5. The van der Waals surface area contributed by atoms with Gasteiger partial charge in [-0.15, -0.1) is 11.8 Å². The highest BCUT2D eigenvalue weighted by Gasteiger charge is 2.59. The maximum Gasteiger partial charge on any atom is 0.408 e. The first-order valence-corrected chi connectivity index (χ1v) is 10.3. The Morgan fingerprint density at radius 1 is 1.29 bits per heavy atom. The molecule has 0 aliphatic carbocycles. The number of thioether (sulfide) groups is 1. The molecule has 1 aromatic rings. The third kappa shape index (κ3) is 4.11. The molecule has 1 N–H and O–H groups in total. The molecule has 2 heterocycles. The topological polar surface area (TPSA) is 84.9 Å². The first-order chi connectivity index (χ1) is 13.1. The Morgan fingerprint density at radius 3 is 2.57 bits per heavy atom. The third-order valence-electron chi connectivity index (χ3n) is 4.82. The minimum Gasteiger partial charge on any atom is -0.467 e. The number of methoxy groups -OCH3 is 1. The number of nitrogens with one attached hydrogen (secondary N) is 1. The van der Waals surface area contributed by atoms with Crippen LogP contribution in [0, 0.1) is 0 Å². The summed E-state index contributed by atoms with van der Waals surface area (Å²) in [5.74, 6) is -0.208. The number of amides is 2. The number of ether oxygens (including phenoxy) is 2. The van der Waals surface area contributed by atoms with E-state index in [2.05, 4.69) is 5.32 Å². The van der Waals surface area contributed by atoms with Crippen molar-refractivity contribution in [2.45, 2.75) is 56.2 Å². The molecule has 8 heteroatoms. The van der Waals surface area contributed by atoms with Gasteiger partial charge in [0.25, 0.3) is 5.91 Å². The number of alkyl carbamates (subject to hydrolysis) is 1. The van der Waals surface area contributed by atoms with Gasteiger partial charge in [0.2, 0.25) is 0 Å². The van der Waals surface area contributed by atoms with E-state index in [9.17, 15) is 14.4 Å². The number of nitrogens with zero attached hydrogens (tertiary/aromatic N) is 1. The zero-order valence-electron chi connectivity index (χ0n) is 16.6. The fourth-order valence-corrected chi connectivity index (χ4v) is 5.19. The van der Waals surface area contributed by atoms with E-state index in [0.717, 1.165) is 5.56 Å². The van der Waals surface area contributed by atoms with Crippen molar-refractivity contribution in [1.29, 1.82) is 0 Å². The molecule has 2 saturated heterocycles. The molecule has 0 bridgehead atoms. The summed E-state index contributed by atoms with van der Waals surface area (Å²) in [5.41, 5.74) is -0.916. The van der Waals surface area contributed by atoms with Crippen LogP contribution in [0.25, 0.3) is 0 Å². The van der Waals surface area contributed by atoms with E-state index in [-0.39, 0.29) is 11.3 Å². The second-order valence-corrected chi connectivity index (χ2v) is 9.33. The quantitative estimate of drug-likeness (QED) is 0.773. The Kier molecular flexibility index (Phi) is 5.61. The van der Waals surface area contributed by atoms with Crippen molar-refractivity contribution in [2.24, 2.45) is 0 Å². The molecule has 0 saturated carbocycles. The lowest BCUT2D eigenvalue weighted by atomic mass is 9.89. The summed E-state index contributed by atoms with van der Waals surface area (Å²) in [7, 11) is 1.32. The lowest BCUT2D eigenvalue weighted by Crippen LogP contribution is -2.58. The maximum absolute atomic E-state index is 13.5. The highest BCUT2D eigenvalue weighted by Crippen LogP contribution is 2.43. The highest BCUT2D eigenvalue weighted by molar-refractivity contribution is 8.00.